The van der Waals surface area contributed by atoms with Gasteiger partial charge in [0.2, 0.25) is 0 Å². The minimum atomic E-state index is -4.57. The van der Waals surface area contributed by atoms with Crippen LogP contribution in [0.15, 0.2) is 18.3 Å². The number of benzene rings is 1. The highest BCUT2D eigenvalue weighted by Crippen LogP contribution is 2.42. The molecule has 0 unspecified atom stereocenters. The third-order valence-electron chi connectivity index (χ3n) is 7.62. The van der Waals surface area contributed by atoms with Crippen molar-refractivity contribution in [2.24, 2.45) is 0 Å². The summed E-state index contributed by atoms with van der Waals surface area (Å²) in [5, 5.41) is 14.7. The molecule has 2 N–H and O–H groups in total. The lowest BCUT2D eigenvalue weighted by Crippen LogP contribution is -2.52. The Hall–Kier alpha value is -3.47. The summed E-state index contributed by atoms with van der Waals surface area (Å²) in [5.41, 5.74) is 2.72. The molecule has 1 atom stereocenters. The number of fused-ring (bicyclic) bond motifs is 5. The number of aryl methyl sites for hydroxylation is 1. The summed E-state index contributed by atoms with van der Waals surface area (Å²) in [5.74, 6) is -0.142. The van der Waals surface area contributed by atoms with Gasteiger partial charge in [0.05, 0.1) is 28.5 Å². The highest BCUT2D eigenvalue weighted by atomic mass is 19.4. The number of pyridine rings is 1. The number of nitrogens with one attached hydrogen (secondary N) is 2. The Morgan fingerprint density at radius 2 is 1.86 bits per heavy atom. The van der Waals surface area contributed by atoms with Crippen molar-refractivity contribution in [3.8, 4) is 11.3 Å². The lowest BCUT2D eigenvalue weighted by Gasteiger charge is -2.37. The number of alkyl halides is 3. The summed E-state index contributed by atoms with van der Waals surface area (Å²) in [7, 11) is 2.05. The molecule has 1 aromatic carbocycles. The molecule has 0 saturated carbocycles. The van der Waals surface area contributed by atoms with Crippen molar-refractivity contribution in [3.05, 3.63) is 40.8 Å². The third kappa shape index (κ3) is 3.56. The normalized spacial score (nSPS) is 19.2. The molecule has 11 heteroatoms. The van der Waals surface area contributed by atoms with Crippen LogP contribution in [0.1, 0.15) is 47.1 Å². The van der Waals surface area contributed by atoms with E-state index in [9.17, 15) is 18.0 Å². The molecule has 1 amide bonds. The van der Waals surface area contributed by atoms with Crippen LogP contribution in [0.25, 0.3) is 33.1 Å². The van der Waals surface area contributed by atoms with Gasteiger partial charge in [0, 0.05) is 36.4 Å². The number of hydrogen-bond acceptors (Lipinski definition) is 5. The number of likely N-dealkylation sites (N-methyl/N-ethyl adjacent to an activating group) is 1. The number of nitrogens with zero attached hydrogens (tertiary/aromatic N) is 5. The van der Waals surface area contributed by atoms with Crippen molar-refractivity contribution in [1.82, 2.24) is 35.2 Å². The third-order valence-corrected chi connectivity index (χ3v) is 7.62. The molecule has 0 radical (unpaired) electrons. The van der Waals surface area contributed by atoms with Crippen molar-refractivity contribution in [2.45, 2.75) is 44.8 Å². The van der Waals surface area contributed by atoms with Crippen LogP contribution < -0.4 is 0 Å². The van der Waals surface area contributed by atoms with Gasteiger partial charge in [-0.3, -0.25) is 15.0 Å². The first-order valence-corrected chi connectivity index (χ1v) is 12.2. The maximum Gasteiger partial charge on any atom is 0.433 e. The number of rotatable bonds is 2. The van der Waals surface area contributed by atoms with E-state index >= 15 is 0 Å². The first kappa shape index (κ1) is 23.0. The summed E-state index contributed by atoms with van der Waals surface area (Å²) in [6.07, 6.45) is -0.285. The fourth-order valence-corrected chi connectivity index (χ4v) is 5.57. The molecule has 8 nitrogen and oxygen atoms in total. The van der Waals surface area contributed by atoms with Crippen molar-refractivity contribution in [3.63, 3.8) is 0 Å². The largest absolute Gasteiger partial charge is 0.433 e. The van der Waals surface area contributed by atoms with Crippen LogP contribution in [0.2, 0.25) is 0 Å². The van der Waals surface area contributed by atoms with E-state index < -0.39 is 11.9 Å². The molecule has 3 aromatic heterocycles. The molecule has 1 aliphatic carbocycles. The van der Waals surface area contributed by atoms with Gasteiger partial charge >= 0.3 is 6.18 Å². The van der Waals surface area contributed by atoms with Gasteiger partial charge in [0.1, 0.15) is 5.69 Å². The van der Waals surface area contributed by atoms with Gasteiger partial charge in [-0.25, -0.2) is 4.98 Å². The van der Waals surface area contributed by atoms with Crippen LogP contribution >= 0.6 is 0 Å². The Morgan fingerprint density at radius 1 is 1.08 bits per heavy atom. The molecular weight excluding hydrogens is 471 g/mol. The summed E-state index contributed by atoms with van der Waals surface area (Å²) in [6.45, 7) is 4.09. The lowest BCUT2D eigenvalue weighted by molar-refractivity contribution is -0.140. The molecule has 4 heterocycles. The molecule has 36 heavy (non-hydrogen) atoms. The Labute approximate surface area is 204 Å². The van der Waals surface area contributed by atoms with Crippen LogP contribution in [-0.4, -0.2) is 73.8 Å². The van der Waals surface area contributed by atoms with Crippen LogP contribution in [0.5, 0.6) is 0 Å². The van der Waals surface area contributed by atoms with Crippen LogP contribution in [-0.2, 0) is 19.0 Å². The molecule has 0 bridgehead atoms. The fourth-order valence-electron chi connectivity index (χ4n) is 5.57. The fraction of sp³-hybridized carbons (Fsp3) is 0.440. The number of amides is 1. The molecule has 188 valence electrons. The second kappa shape index (κ2) is 8.29. The Balaban J connectivity index is 1.56. The summed E-state index contributed by atoms with van der Waals surface area (Å²) >= 11 is 0. The van der Waals surface area contributed by atoms with Crippen molar-refractivity contribution in [1.29, 1.82) is 0 Å². The molecule has 0 spiro atoms. The van der Waals surface area contributed by atoms with Crippen molar-refractivity contribution < 1.29 is 18.0 Å². The van der Waals surface area contributed by atoms with E-state index in [1.54, 1.807) is 12.1 Å². The SMILES string of the molecule is C[C@@H]1CN(C(=O)c2n[nH]c3ccc4nc(-c5cn[nH]c5C(F)(F)F)c5c(c4c23)CCCC5)CCN1C. The van der Waals surface area contributed by atoms with E-state index in [1.807, 2.05) is 11.9 Å². The van der Waals surface area contributed by atoms with Crippen molar-refractivity contribution in [2.75, 3.05) is 26.7 Å². The smallest absolute Gasteiger partial charge is 0.334 e. The number of hydrogen-bond donors (Lipinski definition) is 2. The number of carbonyl (C=O) groups is 1. The minimum Gasteiger partial charge on any atom is -0.334 e. The zero-order valence-electron chi connectivity index (χ0n) is 20.0. The monoisotopic (exact) mass is 497 g/mol. The number of piperazine rings is 1. The predicted octanol–water partition coefficient (Wildman–Crippen LogP) is 4.17. The van der Waals surface area contributed by atoms with Crippen LogP contribution in [0, 0.1) is 0 Å². The van der Waals surface area contributed by atoms with Crippen LogP contribution in [0.3, 0.4) is 0 Å². The van der Waals surface area contributed by atoms with E-state index in [-0.39, 0.29) is 17.5 Å². The van der Waals surface area contributed by atoms with Gasteiger partial charge in [-0.1, -0.05) is 0 Å². The Bertz CT molecular complexity index is 1490. The molecule has 4 aromatic rings. The Morgan fingerprint density at radius 3 is 2.61 bits per heavy atom. The summed E-state index contributed by atoms with van der Waals surface area (Å²) in [4.78, 5) is 22.4. The van der Waals surface area contributed by atoms with E-state index in [0.29, 0.717) is 48.2 Å². The standard InChI is InChI=1S/C25H26F3N7O/c1-13-12-35(10-9-34(13)2)24(36)22-20-18(31-32-22)8-7-17-19(20)14-5-3-4-6-15(14)21(30-17)16-11-29-33-23(16)25(26,27)28/h7-8,11,13H,3-6,9-10,12H2,1-2H3,(H,29,33)(H,31,32)/t13-/m1/s1. The van der Waals surface area contributed by atoms with Gasteiger partial charge in [-0.15, -0.1) is 0 Å². The quantitative estimate of drug-likeness (QED) is 0.434. The number of carbonyl (C=O) groups excluding carboxylic acids is 1. The molecular formula is C25H26F3N7O. The first-order chi connectivity index (χ1) is 17.2. The molecule has 1 aliphatic heterocycles. The average Bonchev–Trinajstić information content (AvgIpc) is 3.52. The molecule has 1 saturated heterocycles. The first-order valence-electron chi connectivity index (χ1n) is 12.2. The predicted molar refractivity (Wildman–Crippen MR) is 129 cm³/mol. The highest BCUT2D eigenvalue weighted by molar-refractivity contribution is 6.17. The zero-order chi connectivity index (χ0) is 25.2. The maximum absolute atomic E-state index is 13.7. The lowest BCUT2D eigenvalue weighted by atomic mass is 9.85. The summed E-state index contributed by atoms with van der Waals surface area (Å²) < 4.78 is 41.1. The molecule has 1 fully saturated rings. The van der Waals surface area contributed by atoms with Gasteiger partial charge < -0.3 is 9.80 Å². The second-order valence-corrected chi connectivity index (χ2v) is 9.82. The summed E-state index contributed by atoms with van der Waals surface area (Å²) in [6, 6.07) is 3.81. The maximum atomic E-state index is 13.7. The Kier molecular flexibility index (Phi) is 5.29. The number of aromatic nitrogens is 5. The van der Waals surface area contributed by atoms with E-state index in [4.69, 9.17) is 4.98 Å². The van der Waals surface area contributed by atoms with E-state index in [0.717, 1.165) is 41.4 Å². The van der Waals surface area contributed by atoms with Crippen molar-refractivity contribution >= 4 is 27.7 Å². The van der Waals surface area contributed by atoms with Gasteiger partial charge in [-0.2, -0.15) is 23.4 Å². The minimum absolute atomic E-state index is 0.0439. The van der Waals surface area contributed by atoms with Crippen LogP contribution in [0.4, 0.5) is 13.2 Å². The van der Waals surface area contributed by atoms with Gasteiger partial charge in [0.25, 0.3) is 5.91 Å². The van der Waals surface area contributed by atoms with E-state index in [2.05, 4.69) is 32.2 Å². The molecule has 2 aliphatic rings. The van der Waals surface area contributed by atoms with Gasteiger partial charge in [-0.05, 0) is 62.9 Å². The second-order valence-electron chi connectivity index (χ2n) is 9.82. The van der Waals surface area contributed by atoms with E-state index in [1.165, 1.54) is 6.20 Å². The zero-order valence-corrected chi connectivity index (χ0v) is 20.0. The van der Waals surface area contributed by atoms with Gasteiger partial charge in [0.15, 0.2) is 5.69 Å². The number of H-pyrrole nitrogens is 2. The highest BCUT2D eigenvalue weighted by Gasteiger charge is 2.38. The number of halogens is 3. The molecule has 6 rings (SSSR count). The topological polar surface area (TPSA) is 93.8 Å². The average molecular weight is 498 g/mol. The number of aromatic amines is 2.